The molecule has 1 fully saturated rings. The third-order valence-electron chi connectivity index (χ3n) is 3.30. The molecule has 0 aromatic carbocycles. The zero-order valence-corrected chi connectivity index (χ0v) is 10.3. The number of alkyl halides is 4. The van der Waals surface area contributed by atoms with Crippen molar-refractivity contribution in [3.63, 3.8) is 0 Å². The summed E-state index contributed by atoms with van der Waals surface area (Å²) in [5.74, 6) is 1.07. The van der Waals surface area contributed by atoms with Crippen LogP contribution in [-0.4, -0.2) is 42.0 Å². The van der Waals surface area contributed by atoms with Gasteiger partial charge in [-0.1, -0.05) is 0 Å². The van der Waals surface area contributed by atoms with Crippen LogP contribution in [0, 0.1) is 0 Å². The molecular weight excluding hydrogens is 264 g/mol. The summed E-state index contributed by atoms with van der Waals surface area (Å²) in [4.78, 5) is 9.54. The van der Waals surface area contributed by atoms with E-state index in [1.54, 1.807) is 18.0 Å². The zero-order valence-electron chi connectivity index (χ0n) is 10.3. The van der Waals surface area contributed by atoms with Crippen molar-refractivity contribution in [1.29, 1.82) is 0 Å². The number of nitrogens with one attached hydrogen (secondary N) is 1. The standard InChI is InChI=1S/C11H14F4N4/c1-16-8-6-9(18-7-17-8)19-4-2-10(12,3-5-19)11(13,14)15/h6-7H,2-5H2,1H3,(H,16,17,18). The van der Waals surface area contributed by atoms with Crippen molar-refractivity contribution >= 4 is 11.6 Å². The SMILES string of the molecule is CNc1cc(N2CCC(F)(C(F)(F)F)CC2)ncn1. The smallest absolute Gasteiger partial charge is 0.373 e. The topological polar surface area (TPSA) is 41.0 Å². The van der Waals surface area contributed by atoms with E-state index in [9.17, 15) is 17.6 Å². The van der Waals surface area contributed by atoms with Gasteiger partial charge in [-0.3, -0.25) is 0 Å². The second-order valence-corrected chi connectivity index (χ2v) is 4.46. The van der Waals surface area contributed by atoms with Crippen molar-refractivity contribution in [3.05, 3.63) is 12.4 Å². The van der Waals surface area contributed by atoms with E-state index in [0.717, 1.165) is 0 Å². The summed E-state index contributed by atoms with van der Waals surface area (Å²) in [6.07, 6.45) is -4.63. The van der Waals surface area contributed by atoms with Crippen LogP contribution in [0.4, 0.5) is 29.2 Å². The molecule has 8 heteroatoms. The minimum Gasteiger partial charge on any atom is -0.373 e. The van der Waals surface area contributed by atoms with Crippen LogP contribution in [0.15, 0.2) is 12.4 Å². The normalized spacial score (nSPS) is 19.3. The van der Waals surface area contributed by atoms with Gasteiger partial charge in [0.25, 0.3) is 0 Å². The number of anilines is 2. The van der Waals surface area contributed by atoms with Crippen LogP contribution >= 0.6 is 0 Å². The Morgan fingerprint density at radius 1 is 1.26 bits per heavy atom. The maximum Gasteiger partial charge on any atom is 0.422 e. The highest BCUT2D eigenvalue weighted by atomic mass is 19.4. The average molecular weight is 278 g/mol. The first-order valence-electron chi connectivity index (χ1n) is 5.86. The Bertz CT molecular complexity index is 441. The number of piperidine rings is 1. The molecule has 0 spiro atoms. The van der Waals surface area contributed by atoms with Gasteiger partial charge in [0.05, 0.1) is 0 Å². The van der Waals surface area contributed by atoms with E-state index < -0.39 is 24.7 Å². The molecular formula is C11H14F4N4. The van der Waals surface area contributed by atoms with Gasteiger partial charge in [0.2, 0.25) is 5.67 Å². The molecule has 0 saturated carbocycles. The summed E-state index contributed by atoms with van der Waals surface area (Å²) in [6, 6.07) is 1.62. The van der Waals surface area contributed by atoms with Crippen molar-refractivity contribution in [2.24, 2.45) is 0 Å². The van der Waals surface area contributed by atoms with E-state index in [1.807, 2.05) is 0 Å². The van der Waals surface area contributed by atoms with Crippen LogP contribution in [-0.2, 0) is 0 Å². The summed E-state index contributed by atoms with van der Waals surface area (Å²) in [5, 5.41) is 2.82. The van der Waals surface area contributed by atoms with Gasteiger partial charge < -0.3 is 10.2 Å². The lowest BCUT2D eigenvalue weighted by atomic mass is 9.93. The van der Waals surface area contributed by atoms with E-state index in [1.165, 1.54) is 6.33 Å². The molecule has 1 N–H and O–H groups in total. The van der Waals surface area contributed by atoms with Crippen molar-refractivity contribution in [2.45, 2.75) is 24.7 Å². The third kappa shape index (κ3) is 2.71. The molecule has 0 amide bonds. The lowest BCUT2D eigenvalue weighted by Gasteiger charge is -2.37. The molecule has 1 aliphatic rings. The monoisotopic (exact) mass is 278 g/mol. The molecule has 0 unspecified atom stereocenters. The van der Waals surface area contributed by atoms with Crippen LogP contribution < -0.4 is 10.2 Å². The van der Waals surface area contributed by atoms with E-state index in [-0.39, 0.29) is 13.1 Å². The molecule has 1 aromatic heterocycles. The number of hydrogen-bond donors (Lipinski definition) is 1. The highest BCUT2D eigenvalue weighted by molar-refractivity contribution is 5.48. The number of rotatable bonds is 2. The van der Waals surface area contributed by atoms with Crippen LogP contribution in [0.3, 0.4) is 0 Å². The van der Waals surface area contributed by atoms with Crippen molar-refractivity contribution < 1.29 is 17.6 Å². The average Bonchev–Trinajstić information content (AvgIpc) is 2.38. The number of halogens is 4. The fraction of sp³-hybridized carbons (Fsp3) is 0.636. The first-order chi connectivity index (χ1) is 8.86. The molecule has 0 atom stereocenters. The third-order valence-corrected chi connectivity index (χ3v) is 3.30. The molecule has 1 aromatic rings. The second kappa shape index (κ2) is 4.82. The maximum atomic E-state index is 13.7. The summed E-state index contributed by atoms with van der Waals surface area (Å²) < 4.78 is 51.4. The van der Waals surface area contributed by atoms with Gasteiger partial charge in [-0.15, -0.1) is 0 Å². The van der Waals surface area contributed by atoms with Gasteiger partial charge in [0, 0.05) is 39.0 Å². The van der Waals surface area contributed by atoms with Gasteiger partial charge >= 0.3 is 6.18 Å². The van der Waals surface area contributed by atoms with E-state index >= 15 is 0 Å². The lowest BCUT2D eigenvalue weighted by molar-refractivity contribution is -0.236. The predicted octanol–water partition coefficient (Wildman–Crippen LogP) is 2.39. The second-order valence-electron chi connectivity index (χ2n) is 4.46. The first kappa shape index (κ1) is 13.8. The molecule has 4 nitrogen and oxygen atoms in total. The summed E-state index contributed by atoms with van der Waals surface area (Å²) in [7, 11) is 1.68. The predicted molar refractivity (Wildman–Crippen MR) is 62.9 cm³/mol. The first-order valence-corrected chi connectivity index (χ1v) is 5.86. The molecule has 0 aliphatic carbocycles. The summed E-state index contributed by atoms with van der Waals surface area (Å²) in [6.45, 7) is -0.0354. The quantitative estimate of drug-likeness (QED) is 0.843. The molecule has 2 rings (SSSR count). The Morgan fingerprint density at radius 3 is 2.42 bits per heavy atom. The highest BCUT2D eigenvalue weighted by Crippen LogP contribution is 2.42. The minimum absolute atomic E-state index is 0.0177. The molecule has 1 saturated heterocycles. The fourth-order valence-electron chi connectivity index (χ4n) is 2.03. The fourth-order valence-corrected chi connectivity index (χ4v) is 2.03. The van der Waals surface area contributed by atoms with Gasteiger partial charge in [-0.05, 0) is 0 Å². The van der Waals surface area contributed by atoms with Gasteiger partial charge in [-0.2, -0.15) is 13.2 Å². The molecule has 0 bridgehead atoms. The molecule has 2 heterocycles. The summed E-state index contributed by atoms with van der Waals surface area (Å²) in [5.41, 5.74) is -3.08. The molecule has 1 aliphatic heterocycles. The van der Waals surface area contributed by atoms with E-state index in [4.69, 9.17) is 0 Å². The van der Waals surface area contributed by atoms with Gasteiger partial charge in [0.15, 0.2) is 0 Å². The summed E-state index contributed by atoms with van der Waals surface area (Å²) >= 11 is 0. The largest absolute Gasteiger partial charge is 0.422 e. The zero-order chi connectivity index (χ0) is 14.1. The Balaban J connectivity index is 2.07. The van der Waals surface area contributed by atoms with E-state index in [0.29, 0.717) is 11.6 Å². The number of hydrogen-bond acceptors (Lipinski definition) is 4. The Kier molecular flexibility index (Phi) is 3.51. The number of aromatic nitrogens is 2. The van der Waals surface area contributed by atoms with Gasteiger partial charge in [-0.25, -0.2) is 14.4 Å². The van der Waals surface area contributed by atoms with E-state index in [2.05, 4.69) is 15.3 Å². The minimum atomic E-state index is -4.80. The van der Waals surface area contributed by atoms with Crippen molar-refractivity contribution in [2.75, 3.05) is 30.4 Å². The van der Waals surface area contributed by atoms with Crippen LogP contribution in [0.25, 0.3) is 0 Å². The Labute approximate surface area is 107 Å². The lowest BCUT2D eigenvalue weighted by Crippen LogP contribution is -2.50. The maximum absolute atomic E-state index is 13.7. The molecule has 19 heavy (non-hydrogen) atoms. The van der Waals surface area contributed by atoms with Crippen LogP contribution in [0.5, 0.6) is 0 Å². The number of nitrogens with zero attached hydrogens (tertiary/aromatic N) is 3. The highest BCUT2D eigenvalue weighted by Gasteiger charge is 2.56. The molecule has 0 radical (unpaired) electrons. The van der Waals surface area contributed by atoms with Crippen LogP contribution in [0.1, 0.15) is 12.8 Å². The van der Waals surface area contributed by atoms with Gasteiger partial charge in [0.1, 0.15) is 18.0 Å². The van der Waals surface area contributed by atoms with Crippen molar-refractivity contribution in [3.8, 4) is 0 Å². The van der Waals surface area contributed by atoms with Crippen molar-refractivity contribution in [1.82, 2.24) is 9.97 Å². The van der Waals surface area contributed by atoms with Crippen LogP contribution in [0.2, 0.25) is 0 Å². The Hall–Kier alpha value is -1.60. The Morgan fingerprint density at radius 2 is 1.89 bits per heavy atom. The molecule has 106 valence electrons.